The van der Waals surface area contributed by atoms with E-state index in [0.29, 0.717) is 0 Å². The van der Waals surface area contributed by atoms with Crippen molar-refractivity contribution in [2.24, 2.45) is 5.14 Å². The molecule has 21 heavy (non-hydrogen) atoms. The second-order valence-electron chi connectivity index (χ2n) is 4.95. The van der Waals surface area contributed by atoms with Gasteiger partial charge < -0.3 is 5.32 Å². The summed E-state index contributed by atoms with van der Waals surface area (Å²) in [6.07, 6.45) is 0.773. The Hall–Kier alpha value is -1.44. The number of sulfonamides is 1. The SMILES string of the molecule is Cc1ccc(CC(C)Nc2ccc(S(N)(=O)=O)cc2F)s1. The van der Waals surface area contributed by atoms with Gasteiger partial charge in [0.1, 0.15) is 5.82 Å². The molecule has 0 aliphatic carbocycles. The Kier molecular flexibility index (Phi) is 4.65. The third kappa shape index (κ3) is 4.26. The quantitative estimate of drug-likeness (QED) is 0.886. The van der Waals surface area contributed by atoms with Gasteiger partial charge in [-0.15, -0.1) is 11.3 Å². The van der Waals surface area contributed by atoms with E-state index in [1.807, 2.05) is 19.9 Å². The van der Waals surface area contributed by atoms with E-state index in [1.54, 1.807) is 11.3 Å². The number of aryl methyl sites for hydroxylation is 1. The first-order chi connectivity index (χ1) is 9.75. The predicted molar refractivity (Wildman–Crippen MR) is 83.6 cm³/mol. The molecule has 0 aliphatic rings. The number of nitrogens with one attached hydrogen (secondary N) is 1. The average Bonchev–Trinajstić information content (AvgIpc) is 2.76. The van der Waals surface area contributed by atoms with Crippen molar-refractivity contribution in [2.75, 3.05) is 5.32 Å². The summed E-state index contributed by atoms with van der Waals surface area (Å²) in [4.78, 5) is 2.22. The van der Waals surface area contributed by atoms with Gasteiger partial charge in [0.15, 0.2) is 0 Å². The zero-order chi connectivity index (χ0) is 15.6. The first-order valence-electron chi connectivity index (χ1n) is 6.40. The van der Waals surface area contributed by atoms with Crippen LogP contribution in [0.3, 0.4) is 0 Å². The van der Waals surface area contributed by atoms with Gasteiger partial charge in [0.2, 0.25) is 10.0 Å². The van der Waals surface area contributed by atoms with E-state index >= 15 is 0 Å². The molecular weight excluding hydrogens is 311 g/mol. The molecule has 0 bridgehead atoms. The maximum absolute atomic E-state index is 13.9. The van der Waals surface area contributed by atoms with Crippen LogP contribution in [0.15, 0.2) is 35.2 Å². The highest BCUT2D eigenvalue weighted by Crippen LogP contribution is 2.21. The van der Waals surface area contributed by atoms with Crippen LogP contribution >= 0.6 is 11.3 Å². The molecule has 0 radical (unpaired) electrons. The maximum Gasteiger partial charge on any atom is 0.238 e. The fraction of sp³-hybridized carbons (Fsp3) is 0.286. The van der Waals surface area contributed by atoms with Crippen LogP contribution in [0.1, 0.15) is 16.7 Å². The van der Waals surface area contributed by atoms with Crippen LogP contribution in [-0.2, 0) is 16.4 Å². The molecule has 1 heterocycles. The molecule has 3 N–H and O–H groups in total. The van der Waals surface area contributed by atoms with E-state index in [9.17, 15) is 12.8 Å². The average molecular weight is 328 g/mol. The number of primary sulfonamides is 1. The van der Waals surface area contributed by atoms with Crippen molar-refractivity contribution in [1.29, 1.82) is 0 Å². The predicted octanol–water partition coefficient (Wildman–Crippen LogP) is 2.89. The molecule has 1 unspecified atom stereocenters. The van der Waals surface area contributed by atoms with Crippen LogP contribution in [-0.4, -0.2) is 14.5 Å². The smallest absolute Gasteiger partial charge is 0.238 e. The summed E-state index contributed by atoms with van der Waals surface area (Å²) in [7, 11) is -3.88. The zero-order valence-electron chi connectivity index (χ0n) is 11.8. The normalized spacial score (nSPS) is 13.1. The minimum absolute atomic E-state index is 0.0258. The summed E-state index contributed by atoms with van der Waals surface area (Å²) in [5.74, 6) is -0.629. The summed E-state index contributed by atoms with van der Waals surface area (Å²) < 4.78 is 36.2. The second-order valence-corrected chi connectivity index (χ2v) is 7.88. The highest BCUT2D eigenvalue weighted by atomic mass is 32.2. The van der Waals surface area contributed by atoms with Crippen molar-refractivity contribution < 1.29 is 12.8 Å². The number of thiophene rings is 1. The Bertz CT molecular complexity index is 741. The molecule has 2 aromatic rings. The lowest BCUT2D eigenvalue weighted by molar-refractivity contribution is 0.592. The fourth-order valence-corrected chi connectivity index (χ4v) is 3.55. The van der Waals surface area contributed by atoms with Gasteiger partial charge in [0, 0.05) is 22.2 Å². The minimum atomic E-state index is -3.88. The number of anilines is 1. The second kappa shape index (κ2) is 6.13. The number of hydrogen-bond acceptors (Lipinski definition) is 4. The van der Waals surface area contributed by atoms with E-state index in [-0.39, 0.29) is 16.6 Å². The number of halogens is 1. The third-order valence-corrected chi connectivity index (χ3v) is 4.91. The van der Waals surface area contributed by atoms with Crippen LogP contribution in [0, 0.1) is 12.7 Å². The Labute approximate surface area is 127 Å². The highest BCUT2D eigenvalue weighted by molar-refractivity contribution is 7.89. The van der Waals surface area contributed by atoms with Gasteiger partial charge in [-0.05, 0) is 44.2 Å². The number of nitrogens with two attached hydrogens (primary N) is 1. The van der Waals surface area contributed by atoms with Crippen molar-refractivity contribution in [3.05, 3.63) is 45.9 Å². The van der Waals surface area contributed by atoms with Gasteiger partial charge in [-0.3, -0.25) is 0 Å². The Morgan fingerprint density at radius 1 is 1.33 bits per heavy atom. The molecule has 2 rings (SSSR count). The fourth-order valence-electron chi connectivity index (χ4n) is 2.00. The van der Waals surface area contributed by atoms with E-state index in [2.05, 4.69) is 11.4 Å². The summed E-state index contributed by atoms with van der Waals surface area (Å²) in [5.41, 5.74) is 0.267. The van der Waals surface area contributed by atoms with Gasteiger partial charge >= 0.3 is 0 Å². The summed E-state index contributed by atoms with van der Waals surface area (Å²) in [6, 6.07) is 7.75. The molecule has 0 amide bonds. The van der Waals surface area contributed by atoms with Gasteiger partial charge in [-0.1, -0.05) is 0 Å². The standard InChI is InChI=1S/C14H17FN2O2S2/c1-9(7-11-4-3-10(2)20-11)17-14-6-5-12(8-13(14)15)21(16,18)19/h3-6,8-9,17H,7H2,1-2H3,(H2,16,18,19). The molecule has 1 aromatic heterocycles. The highest BCUT2D eigenvalue weighted by Gasteiger charge is 2.13. The Balaban J connectivity index is 2.09. The van der Waals surface area contributed by atoms with Crippen LogP contribution < -0.4 is 10.5 Å². The molecular formula is C14H17FN2O2S2. The lowest BCUT2D eigenvalue weighted by Crippen LogP contribution is -2.19. The first-order valence-corrected chi connectivity index (χ1v) is 8.76. The monoisotopic (exact) mass is 328 g/mol. The van der Waals surface area contributed by atoms with Crippen LogP contribution in [0.4, 0.5) is 10.1 Å². The Morgan fingerprint density at radius 3 is 2.57 bits per heavy atom. The number of hydrogen-bond donors (Lipinski definition) is 2. The molecule has 0 fully saturated rings. The molecule has 1 aromatic carbocycles. The molecule has 0 saturated heterocycles. The topological polar surface area (TPSA) is 72.2 Å². The molecule has 4 nitrogen and oxygen atoms in total. The maximum atomic E-state index is 13.9. The van der Waals surface area contributed by atoms with Gasteiger partial charge in [0.25, 0.3) is 0 Å². The van der Waals surface area contributed by atoms with Crippen molar-refractivity contribution in [3.8, 4) is 0 Å². The van der Waals surface area contributed by atoms with Crippen LogP contribution in [0.25, 0.3) is 0 Å². The molecule has 7 heteroatoms. The third-order valence-electron chi connectivity index (χ3n) is 2.97. The molecule has 0 spiro atoms. The van der Waals surface area contributed by atoms with Crippen LogP contribution in [0.5, 0.6) is 0 Å². The molecule has 114 valence electrons. The van der Waals surface area contributed by atoms with E-state index in [0.717, 1.165) is 12.5 Å². The molecule has 0 saturated carbocycles. The lowest BCUT2D eigenvalue weighted by atomic mass is 10.2. The van der Waals surface area contributed by atoms with E-state index in [1.165, 1.54) is 21.9 Å². The summed E-state index contributed by atoms with van der Waals surface area (Å²) >= 11 is 1.71. The number of benzene rings is 1. The van der Waals surface area contributed by atoms with Crippen LogP contribution in [0.2, 0.25) is 0 Å². The van der Waals surface area contributed by atoms with Crippen molar-refractivity contribution >= 4 is 27.0 Å². The van der Waals surface area contributed by atoms with Crippen molar-refractivity contribution in [3.63, 3.8) is 0 Å². The number of rotatable bonds is 5. The lowest BCUT2D eigenvalue weighted by Gasteiger charge is -2.15. The zero-order valence-corrected chi connectivity index (χ0v) is 13.4. The molecule has 1 atom stereocenters. The van der Waals surface area contributed by atoms with Gasteiger partial charge in [-0.2, -0.15) is 0 Å². The van der Waals surface area contributed by atoms with Crippen molar-refractivity contribution in [1.82, 2.24) is 0 Å². The summed E-state index contributed by atoms with van der Waals surface area (Å²) in [5, 5.41) is 8.01. The Morgan fingerprint density at radius 2 is 2.05 bits per heavy atom. The van der Waals surface area contributed by atoms with Gasteiger partial charge in [0.05, 0.1) is 10.6 Å². The molecule has 0 aliphatic heterocycles. The van der Waals surface area contributed by atoms with E-state index in [4.69, 9.17) is 5.14 Å². The minimum Gasteiger partial charge on any atom is -0.380 e. The van der Waals surface area contributed by atoms with E-state index < -0.39 is 15.8 Å². The summed E-state index contributed by atoms with van der Waals surface area (Å²) in [6.45, 7) is 3.99. The largest absolute Gasteiger partial charge is 0.380 e. The van der Waals surface area contributed by atoms with Crippen molar-refractivity contribution in [2.45, 2.75) is 31.2 Å². The first kappa shape index (κ1) is 15.9. The van der Waals surface area contributed by atoms with Gasteiger partial charge in [-0.25, -0.2) is 17.9 Å².